The van der Waals surface area contributed by atoms with Crippen LogP contribution in [0.15, 0.2) is 23.3 Å². The number of rotatable bonds is 4. The van der Waals surface area contributed by atoms with Gasteiger partial charge in [0.05, 0.1) is 0 Å². The number of hydrogen-bond acceptors (Lipinski definition) is 1. The molecule has 0 aromatic carbocycles. The lowest BCUT2D eigenvalue weighted by Gasteiger charge is -2.42. The molecule has 1 nitrogen and oxygen atoms in total. The molecule has 2 atom stereocenters. The van der Waals surface area contributed by atoms with Gasteiger partial charge >= 0.3 is 0 Å². The molecule has 1 heteroatoms. The van der Waals surface area contributed by atoms with Crippen molar-refractivity contribution >= 4 is 5.78 Å². The first kappa shape index (κ1) is 14.6. The van der Waals surface area contributed by atoms with Crippen molar-refractivity contribution in [3.63, 3.8) is 0 Å². The first-order valence-electron chi connectivity index (χ1n) is 7.78. The molecule has 0 aromatic rings. The fourth-order valence-electron chi connectivity index (χ4n) is 4.20. The largest absolute Gasteiger partial charge is 0.300 e. The zero-order chi connectivity index (χ0) is 14.2. The second-order valence-corrected chi connectivity index (χ2v) is 6.96. The van der Waals surface area contributed by atoms with Crippen LogP contribution in [0.25, 0.3) is 0 Å². The van der Waals surface area contributed by atoms with Crippen molar-refractivity contribution in [3.8, 4) is 0 Å². The predicted octanol–water partition coefficient (Wildman–Crippen LogP) is 5.07. The number of ketones is 1. The fraction of sp³-hybridized carbons (Fsp3) is 0.722. The number of Topliss-reactive ketones (excluding diaryl/α,β-unsaturated/α-hetero) is 1. The Kier molecular flexibility index (Phi) is 4.03. The average molecular weight is 260 g/mol. The van der Waals surface area contributed by atoms with Crippen molar-refractivity contribution in [2.24, 2.45) is 17.3 Å². The Morgan fingerprint density at radius 1 is 1.37 bits per heavy atom. The van der Waals surface area contributed by atoms with Gasteiger partial charge in [-0.1, -0.05) is 44.1 Å². The lowest BCUT2D eigenvalue weighted by atomic mass is 9.63. The van der Waals surface area contributed by atoms with Crippen LogP contribution in [0.5, 0.6) is 0 Å². The van der Waals surface area contributed by atoms with E-state index in [2.05, 4.69) is 27.4 Å². The van der Waals surface area contributed by atoms with Gasteiger partial charge in [0.2, 0.25) is 0 Å². The highest BCUT2D eigenvalue weighted by Gasteiger charge is 2.45. The van der Waals surface area contributed by atoms with Crippen molar-refractivity contribution < 1.29 is 4.79 Å². The summed E-state index contributed by atoms with van der Waals surface area (Å²) < 4.78 is 0. The SMILES string of the molecule is C=C1CCC2(CCC(C)=O)CCC(C(C)C)=C2[C@H]1C. The minimum atomic E-state index is 0.325. The molecule has 0 spiro atoms. The Morgan fingerprint density at radius 3 is 2.58 bits per heavy atom. The number of carbonyl (C=O) groups excluding carboxylic acids is 1. The monoisotopic (exact) mass is 260 g/mol. The summed E-state index contributed by atoms with van der Waals surface area (Å²) in [5.74, 6) is 1.51. The smallest absolute Gasteiger partial charge is 0.129 e. The van der Waals surface area contributed by atoms with Crippen LogP contribution in [-0.4, -0.2) is 5.78 Å². The maximum absolute atomic E-state index is 11.4. The molecule has 1 saturated carbocycles. The molecule has 0 bridgehead atoms. The van der Waals surface area contributed by atoms with Gasteiger partial charge in [0.25, 0.3) is 0 Å². The van der Waals surface area contributed by atoms with E-state index in [1.54, 1.807) is 18.1 Å². The zero-order valence-corrected chi connectivity index (χ0v) is 13.0. The van der Waals surface area contributed by atoms with E-state index in [1.165, 1.54) is 24.8 Å². The third-order valence-corrected chi connectivity index (χ3v) is 5.41. The molecule has 2 rings (SSSR count). The number of fused-ring (bicyclic) bond motifs is 1. The molecule has 2 aliphatic carbocycles. The predicted molar refractivity (Wildman–Crippen MR) is 81.0 cm³/mol. The van der Waals surface area contributed by atoms with Crippen LogP contribution in [0.4, 0.5) is 0 Å². The van der Waals surface area contributed by atoms with Crippen molar-refractivity contribution in [1.82, 2.24) is 0 Å². The molecule has 0 aliphatic heterocycles. The second kappa shape index (κ2) is 5.26. The summed E-state index contributed by atoms with van der Waals surface area (Å²) in [6.45, 7) is 13.0. The van der Waals surface area contributed by atoms with Gasteiger partial charge in [-0.05, 0) is 56.3 Å². The minimum Gasteiger partial charge on any atom is -0.300 e. The highest BCUT2D eigenvalue weighted by atomic mass is 16.1. The van der Waals surface area contributed by atoms with E-state index < -0.39 is 0 Å². The van der Waals surface area contributed by atoms with Gasteiger partial charge in [0, 0.05) is 6.42 Å². The molecule has 0 radical (unpaired) electrons. The van der Waals surface area contributed by atoms with Gasteiger partial charge in [0.1, 0.15) is 5.78 Å². The van der Waals surface area contributed by atoms with Crippen LogP contribution in [0.3, 0.4) is 0 Å². The molecule has 106 valence electrons. The van der Waals surface area contributed by atoms with E-state index in [9.17, 15) is 4.79 Å². The van der Waals surface area contributed by atoms with Crippen molar-refractivity contribution in [1.29, 1.82) is 0 Å². The quantitative estimate of drug-likeness (QED) is 0.645. The molecule has 2 aliphatic rings. The summed E-state index contributed by atoms with van der Waals surface area (Å²) in [7, 11) is 0. The van der Waals surface area contributed by atoms with E-state index in [0.717, 1.165) is 19.3 Å². The molecular weight excluding hydrogens is 232 g/mol. The van der Waals surface area contributed by atoms with Crippen molar-refractivity contribution in [2.75, 3.05) is 0 Å². The summed E-state index contributed by atoms with van der Waals surface area (Å²) in [5, 5.41) is 0. The Labute approximate surface area is 118 Å². The van der Waals surface area contributed by atoms with Crippen LogP contribution in [0.1, 0.15) is 66.2 Å². The van der Waals surface area contributed by atoms with Crippen LogP contribution < -0.4 is 0 Å². The molecule has 0 amide bonds. The van der Waals surface area contributed by atoms with Gasteiger partial charge in [-0.2, -0.15) is 0 Å². The third-order valence-electron chi connectivity index (χ3n) is 5.41. The number of allylic oxidation sites excluding steroid dienone is 3. The lowest BCUT2D eigenvalue weighted by Crippen LogP contribution is -2.30. The summed E-state index contributed by atoms with van der Waals surface area (Å²) in [4.78, 5) is 11.4. The van der Waals surface area contributed by atoms with Crippen molar-refractivity contribution in [3.05, 3.63) is 23.3 Å². The first-order valence-corrected chi connectivity index (χ1v) is 7.78. The van der Waals surface area contributed by atoms with Gasteiger partial charge in [-0.25, -0.2) is 0 Å². The minimum absolute atomic E-state index is 0.325. The maximum Gasteiger partial charge on any atom is 0.129 e. The summed E-state index contributed by atoms with van der Waals surface area (Å²) in [6, 6.07) is 0. The fourth-order valence-corrected chi connectivity index (χ4v) is 4.20. The van der Waals surface area contributed by atoms with Gasteiger partial charge < -0.3 is 4.79 Å². The summed E-state index contributed by atoms with van der Waals surface area (Å²) in [6.07, 6.45) is 6.67. The molecule has 1 fully saturated rings. The van der Waals surface area contributed by atoms with Crippen LogP contribution in [0, 0.1) is 17.3 Å². The van der Waals surface area contributed by atoms with E-state index in [0.29, 0.717) is 23.0 Å². The van der Waals surface area contributed by atoms with Gasteiger partial charge in [0.15, 0.2) is 0 Å². The number of carbonyl (C=O) groups is 1. The molecule has 0 heterocycles. The average Bonchev–Trinajstić information content (AvgIpc) is 2.73. The van der Waals surface area contributed by atoms with Crippen LogP contribution in [0.2, 0.25) is 0 Å². The van der Waals surface area contributed by atoms with E-state index in [-0.39, 0.29) is 0 Å². The lowest BCUT2D eigenvalue weighted by molar-refractivity contribution is -0.117. The standard InChI is InChI=1S/C18H28O/c1-12(2)16-8-11-18(10-7-14(4)19)9-6-13(3)15(5)17(16)18/h12,15H,3,6-11H2,1-2,4-5H3/t15-,18?/m0/s1. The second-order valence-electron chi connectivity index (χ2n) is 6.96. The maximum atomic E-state index is 11.4. The highest BCUT2D eigenvalue weighted by Crippen LogP contribution is 2.58. The Bertz CT molecular complexity index is 427. The Balaban J connectivity index is 2.36. The molecule has 1 unspecified atom stereocenters. The Hall–Kier alpha value is -0.850. The third kappa shape index (κ3) is 2.57. The molecule has 0 aromatic heterocycles. The molecule has 0 N–H and O–H groups in total. The van der Waals surface area contributed by atoms with Crippen molar-refractivity contribution in [2.45, 2.75) is 66.2 Å². The molecule has 0 saturated heterocycles. The molecular formula is C18H28O. The van der Waals surface area contributed by atoms with Gasteiger partial charge in [-0.15, -0.1) is 0 Å². The van der Waals surface area contributed by atoms with E-state index in [4.69, 9.17) is 0 Å². The topological polar surface area (TPSA) is 17.1 Å². The summed E-state index contributed by atoms with van der Waals surface area (Å²) in [5.41, 5.74) is 5.05. The Morgan fingerprint density at radius 2 is 2.00 bits per heavy atom. The normalized spacial score (nSPS) is 31.0. The highest BCUT2D eigenvalue weighted by molar-refractivity contribution is 5.75. The van der Waals surface area contributed by atoms with E-state index in [1.807, 2.05) is 0 Å². The molecule has 19 heavy (non-hydrogen) atoms. The van der Waals surface area contributed by atoms with Crippen LogP contribution in [-0.2, 0) is 4.79 Å². The summed E-state index contributed by atoms with van der Waals surface area (Å²) >= 11 is 0. The van der Waals surface area contributed by atoms with Gasteiger partial charge in [-0.3, -0.25) is 0 Å². The van der Waals surface area contributed by atoms with Crippen LogP contribution >= 0.6 is 0 Å². The van der Waals surface area contributed by atoms with E-state index >= 15 is 0 Å². The zero-order valence-electron chi connectivity index (χ0n) is 13.0. The number of hydrogen-bond donors (Lipinski definition) is 0. The first-order chi connectivity index (χ1) is 8.87.